The number of aliphatic carboxylic acids is 1. The molecule has 3 rings (SSSR count). The lowest BCUT2D eigenvalue weighted by atomic mass is 9.98. The van der Waals surface area contributed by atoms with Crippen LogP contribution in [0.3, 0.4) is 0 Å². The number of carbonyl (C=O) groups is 3. The molecule has 188 valence electrons. The number of carbonyl (C=O) groups excluding carboxylic acids is 2. The normalized spacial score (nSPS) is 14.4. The van der Waals surface area contributed by atoms with Crippen molar-refractivity contribution in [2.45, 2.75) is 56.8 Å². The number of nitrogens with one attached hydrogen (secondary N) is 2. The zero-order valence-electron chi connectivity index (χ0n) is 19.1. The maximum atomic E-state index is 13.5. The summed E-state index contributed by atoms with van der Waals surface area (Å²) in [6.07, 6.45) is -6.18. The van der Waals surface area contributed by atoms with Crippen LogP contribution in [0.5, 0.6) is 0 Å². The van der Waals surface area contributed by atoms with E-state index in [4.69, 9.17) is 4.74 Å². The van der Waals surface area contributed by atoms with Gasteiger partial charge in [-0.05, 0) is 28.7 Å². The second-order valence-electron chi connectivity index (χ2n) is 8.37. The zero-order chi connectivity index (χ0) is 25.6. The minimum atomic E-state index is -4.94. The molecular formula is C25H27F3N2O5. The van der Waals surface area contributed by atoms with Crippen LogP contribution in [-0.2, 0) is 14.3 Å². The minimum absolute atomic E-state index is 0.0913. The van der Waals surface area contributed by atoms with Crippen molar-refractivity contribution in [1.82, 2.24) is 10.6 Å². The number of alkyl halides is 3. The summed E-state index contributed by atoms with van der Waals surface area (Å²) in [5.41, 5.74) is 3.75. The Kier molecular flexibility index (Phi) is 8.37. The SMILES string of the molecule is CCCCC(NC(=O)CC(NC(=O)OCC1c2ccccc2-c2ccccc21)C(F)(F)F)C(=O)O. The Hall–Kier alpha value is -3.56. The average molecular weight is 492 g/mol. The summed E-state index contributed by atoms with van der Waals surface area (Å²) in [4.78, 5) is 35.7. The fraction of sp³-hybridized carbons (Fsp3) is 0.400. The lowest BCUT2D eigenvalue weighted by Gasteiger charge is -2.23. The van der Waals surface area contributed by atoms with Crippen LogP contribution in [0.25, 0.3) is 11.1 Å². The summed E-state index contributed by atoms with van der Waals surface area (Å²) >= 11 is 0. The number of ether oxygens (including phenoxy) is 1. The number of fused-ring (bicyclic) bond motifs is 3. The molecule has 0 radical (unpaired) electrons. The first-order valence-electron chi connectivity index (χ1n) is 11.3. The van der Waals surface area contributed by atoms with Crippen LogP contribution in [-0.4, -0.2) is 47.9 Å². The third kappa shape index (κ3) is 6.52. The Bertz CT molecular complexity index is 1030. The van der Waals surface area contributed by atoms with Gasteiger partial charge in [-0.1, -0.05) is 68.3 Å². The maximum Gasteiger partial charge on any atom is 0.409 e. The van der Waals surface area contributed by atoms with Gasteiger partial charge in [0.2, 0.25) is 5.91 Å². The van der Waals surface area contributed by atoms with E-state index in [-0.39, 0.29) is 18.9 Å². The number of benzene rings is 2. The third-order valence-corrected chi connectivity index (χ3v) is 5.90. The van der Waals surface area contributed by atoms with Gasteiger partial charge in [-0.25, -0.2) is 9.59 Å². The standard InChI is InChI=1S/C25H27F3N2O5/c1-2-3-12-20(23(32)33)29-22(31)13-21(25(26,27)28)30-24(34)35-14-19-17-10-6-4-8-15(17)16-9-5-7-11-18(16)19/h4-11,19-21H,2-3,12-14H2,1H3,(H,29,31)(H,30,34)(H,32,33). The molecule has 0 saturated heterocycles. The largest absolute Gasteiger partial charge is 0.480 e. The molecule has 10 heteroatoms. The number of hydrogen-bond acceptors (Lipinski definition) is 4. The molecule has 1 aliphatic rings. The predicted octanol–water partition coefficient (Wildman–Crippen LogP) is 4.61. The molecular weight excluding hydrogens is 465 g/mol. The molecule has 0 spiro atoms. The highest BCUT2D eigenvalue weighted by Crippen LogP contribution is 2.44. The van der Waals surface area contributed by atoms with Crippen LogP contribution in [0.2, 0.25) is 0 Å². The number of carboxylic acids is 1. The number of carboxylic acid groups (broad SMARTS) is 1. The predicted molar refractivity (Wildman–Crippen MR) is 122 cm³/mol. The smallest absolute Gasteiger partial charge is 0.409 e. The molecule has 1 aliphatic carbocycles. The molecule has 0 fully saturated rings. The maximum absolute atomic E-state index is 13.5. The molecule has 0 saturated carbocycles. The van der Waals surface area contributed by atoms with Gasteiger partial charge in [0, 0.05) is 5.92 Å². The molecule has 35 heavy (non-hydrogen) atoms. The van der Waals surface area contributed by atoms with Crippen LogP contribution in [0.1, 0.15) is 49.7 Å². The highest BCUT2D eigenvalue weighted by molar-refractivity contribution is 5.84. The highest BCUT2D eigenvalue weighted by atomic mass is 19.4. The van der Waals surface area contributed by atoms with Crippen LogP contribution in [0, 0.1) is 0 Å². The van der Waals surface area contributed by atoms with Crippen LogP contribution in [0.15, 0.2) is 48.5 Å². The van der Waals surface area contributed by atoms with E-state index in [0.29, 0.717) is 12.8 Å². The minimum Gasteiger partial charge on any atom is -0.480 e. The molecule has 2 atom stereocenters. The first-order chi connectivity index (χ1) is 16.6. The second kappa shape index (κ2) is 11.2. The van der Waals surface area contributed by atoms with Crippen molar-refractivity contribution in [3.05, 3.63) is 59.7 Å². The summed E-state index contributed by atoms with van der Waals surface area (Å²) < 4.78 is 45.7. The lowest BCUT2D eigenvalue weighted by molar-refractivity contribution is -0.161. The Balaban J connectivity index is 1.62. The van der Waals surface area contributed by atoms with Crippen LogP contribution < -0.4 is 10.6 Å². The molecule has 0 aromatic heterocycles. The first kappa shape index (κ1) is 26.1. The van der Waals surface area contributed by atoms with Gasteiger partial charge >= 0.3 is 18.2 Å². The number of halogens is 3. The molecule has 2 aromatic carbocycles. The van der Waals surface area contributed by atoms with E-state index in [9.17, 15) is 32.7 Å². The third-order valence-electron chi connectivity index (χ3n) is 5.90. The van der Waals surface area contributed by atoms with E-state index in [1.807, 2.05) is 55.5 Å². The summed E-state index contributed by atoms with van der Waals surface area (Å²) in [5.74, 6) is -2.80. The van der Waals surface area contributed by atoms with Crippen molar-refractivity contribution in [2.24, 2.45) is 0 Å². The first-order valence-corrected chi connectivity index (χ1v) is 11.3. The van der Waals surface area contributed by atoms with E-state index in [0.717, 1.165) is 22.3 Å². The Labute approximate surface area is 200 Å². The summed E-state index contributed by atoms with van der Waals surface area (Å²) in [6.45, 7) is 1.63. The molecule has 0 aliphatic heterocycles. The molecule has 7 nitrogen and oxygen atoms in total. The van der Waals surface area contributed by atoms with Crippen molar-refractivity contribution in [3.8, 4) is 11.1 Å². The van der Waals surface area contributed by atoms with Gasteiger partial charge in [0.25, 0.3) is 0 Å². The highest BCUT2D eigenvalue weighted by Gasteiger charge is 2.43. The van der Waals surface area contributed by atoms with Gasteiger partial charge < -0.3 is 20.5 Å². The molecule has 2 amide bonds. The quantitative estimate of drug-likeness (QED) is 0.450. The van der Waals surface area contributed by atoms with Gasteiger partial charge in [-0.15, -0.1) is 0 Å². The van der Waals surface area contributed by atoms with E-state index in [1.54, 1.807) is 5.32 Å². The monoisotopic (exact) mass is 492 g/mol. The molecule has 2 aromatic rings. The van der Waals surface area contributed by atoms with Crippen molar-refractivity contribution in [1.29, 1.82) is 0 Å². The lowest BCUT2D eigenvalue weighted by Crippen LogP contribution is -2.50. The van der Waals surface area contributed by atoms with Gasteiger partial charge in [0.1, 0.15) is 18.7 Å². The fourth-order valence-electron chi connectivity index (χ4n) is 4.14. The van der Waals surface area contributed by atoms with Crippen molar-refractivity contribution in [3.63, 3.8) is 0 Å². The summed E-state index contributed by atoms with van der Waals surface area (Å²) in [6, 6.07) is 11.2. The Morgan fingerprint density at radius 3 is 2.09 bits per heavy atom. The van der Waals surface area contributed by atoms with Gasteiger partial charge in [-0.2, -0.15) is 13.2 Å². The van der Waals surface area contributed by atoms with E-state index >= 15 is 0 Å². The average Bonchev–Trinajstić information content (AvgIpc) is 3.13. The second-order valence-corrected chi connectivity index (χ2v) is 8.37. The molecule has 3 N–H and O–H groups in total. The fourth-order valence-corrected chi connectivity index (χ4v) is 4.14. The molecule has 0 heterocycles. The van der Waals surface area contributed by atoms with Gasteiger partial charge in [-0.3, -0.25) is 4.79 Å². The van der Waals surface area contributed by atoms with E-state index < -0.39 is 42.7 Å². The number of alkyl carbamates (subject to hydrolysis) is 1. The number of amides is 2. The Morgan fingerprint density at radius 2 is 1.57 bits per heavy atom. The summed E-state index contributed by atoms with van der Waals surface area (Å²) in [7, 11) is 0. The molecule has 2 unspecified atom stereocenters. The van der Waals surface area contributed by atoms with E-state index in [1.165, 1.54) is 0 Å². The number of unbranched alkanes of at least 4 members (excludes halogenated alkanes) is 1. The Morgan fingerprint density at radius 1 is 1.00 bits per heavy atom. The zero-order valence-corrected chi connectivity index (χ0v) is 19.1. The topological polar surface area (TPSA) is 105 Å². The number of rotatable bonds is 10. The summed E-state index contributed by atoms with van der Waals surface area (Å²) in [5, 5.41) is 13.0. The van der Waals surface area contributed by atoms with Gasteiger partial charge in [0.05, 0.1) is 6.42 Å². The van der Waals surface area contributed by atoms with Gasteiger partial charge in [0.15, 0.2) is 0 Å². The van der Waals surface area contributed by atoms with Crippen molar-refractivity contribution >= 4 is 18.0 Å². The van der Waals surface area contributed by atoms with Crippen molar-refractivity contribution in [2.75, 3.05) is 6.61 Å². The van der Waals surface area contributed by atoms with Crippen LogP contribution in [0.4, 0.5) is 18.0 Å². The van der Waals surface area contributed by atoms with Crippen molar-refractivity contribution < 1.29 is 37.4 Å². The van der Waals surface area contributed by atoms with E-state index in [2.05, 4.69) is 5.32 Å². The number of hydrogen-bond donors (Lipinski definition) is 3. The molecule has 0 bridgehead atoms. The van der Waals surface area contributed by atoms with Crippen LogP contribution >= 0.6 is 0 Å².